The number of halogens is 3. The first-order valence-electron chi connectivity index (χ1n) is 5.88. The van der Waals surface area contributed by atoms with E-state index >= 15 is 0 Å². The molecule has 3 unspecified atom stereocenters. The third kappa shape index (κ3) is 3.35. The quantitative estimate of drug-likeness (QED) is 0.818. The minimum atomic E-state index is -4.16. The number of hydrogen-bond donors (Lipinski definition) is 1. The van der Waals surface area contributed by atoms with Gasteiger partial charge in [0.25, 0.3) is 0 Å². The van der Waals surface area contributed by atoms with Crippen LogP contribution in [0.4, 0.5) is 13.2 Å². The van der Waals surface area contributed by atoms with Gasteiger partial charge in [-0.25, -0.2) is 0 Å². The van der Waals surface area contributed by atoms with Gasteiger partial charge in [-0.05, 0) is 38.6 Å². The normalized spacial score (nSPS) is 30.4. The van der Waals surface area contributed by atoms with Gasteiger partial charge in [0.05, 0.1) is 0 Å². The van der Waals surface area contributed by atoms with Crippen molar-refractivity contribution >= 4 is 0 Å². The summed E-state index contributed by atoms with van der Waals surface area (Å²) in [5.41, 5.74) is 5.29. The molecule has 0 spiro atoms. The Bertz CT molecular complexity index is 218. The number of likely N-dealkylation sites (tertiary alicyclic amines) is 1. The molecule has 5 heteroatoms. The van der Waals surface area contributed by atoms with E-state index in [1.807, 2.05) is 13.8 Å². The lowest BCUT2D eigenvalue weighted by Crippen LogP contribution is -2.54. The van der Waals surface area contributed by atoms with Crippen LogP contribution in [0.1, 0.15) is 33.1 Å². The fraction of sp³-hybridized carbons (Fsp3) is 1.00. The zero-order valence-electron chi connectivity index (χ0n) is 9.93. The second-order valence-corrected chi connectivity index (χ2v) is 4.86. The maximum Gasteiger partial charge on any atom is 0.404 e. The summed E-state index contributed by atoms with van der Waals surface area (Å²) < 4.78 is 38.7. The van der Waals surface area contributed by atoms with Crippen molar-refractivity contribution in [3.8, 4) is 0 Å². The lowest BCUT2D eigenvalue weighted by atomic mass is 9.92. The van der Waals surface area contributed by atoms with E-state index in [1.54, 1.807) is 4.90 Å². The van der Waals surface area contributed by atoms with Crippen LogP contribution in [-0.4, -0.2) is 36.2 Å². The molecule has 0 bridgehead atoms. The Labute approximate surface area is 95.0 Å². The van der Waals surface area contributed by atoms with Gasteiger partial charge in [0, 0.05) is 12.6 Å². The average molecular weight is 238 g/mol. The Morgan fingerprint density at radius 3 is 2.44 bits per heavy atom. The van der Waals surface area contributed by atoms with Gasteiger partial charge < -0.3 is 5.73 Å². The van der Waals surface area contributed by atoms with Gasteiger partial charge in [-0.1, -0.05) is 6.92 Å². The summed E-state index contributed by atoms with van der Waals surface area (Å²) in [5.74, 6) is 0.346. The van der Waals surface area contributed by atoms with E-state index in [2.05, 4.69) is 0 Å². The maximum atomic E-state index is 12.9. The molecule has 1 rings (SSSR count). The summed E-state index contributed by atoms with van der Waals surface area (Å²) in [6.07, 6.45) is -2.30. The van der Waals surface area contributed by atoms with Crippen LogP contribution in [-0.2, 0) is 0 Å². The summed E-state index contributed by atoms with van der Waals surface area (Å²) in [6.45, 7) is 4.50. The minimum Gasteiger partial charge on any atom is -0.330 e. The van der Waals surface area contributed by atoms with Gasteiger partial charge in [-0.3, -0.25) is 4.90 Å². The first-order valence-corrected chi connectivity index (χ1v) is 5.88. The molecule has 2 nitrogen and oxygen atoms in total. The number of hydrogen-bond acceptors (Lipinski definition) is 2. The van der Waals surface area contributed by atoms with Gasteiger partial charge >= 0.3 is 6.18 Å². The van der Waals surface area contributed by atoms with Crippen molar-refractivity contribution in [3.63, 3.8) is 0 Å². The van der Waals surface area contributed by atoms with Crippen LogP contribution in [0.3, 0.4) is 0 Å². The van der Waals surface area contributed by atoms with E-state index in [-0.39, 0.29) is 19.0 Å². The Balaban J connectivity index is 2.75. The van der Waals surface area contributed by atoms with Crippen LogP contribution in [0.15, 0.2) is 0 Å². The number of nitrogens with zero attached hydrogens (tertiary/aromatic N) is 1. The van der Waals surface area contributed by atoms with Gasteiger partial charge in [0.1, 0.15) is 6.04 Å². The van der Waals surface area contributed by atoms with Crippen LogP contribution in [0.25, 0.3) is 0 Å². The largest absolute Gasteiger partial charge is 0.404 e. The third-order valence-electron chi connectivity index (χ3n) is 3.38. The minimum absolute atomic E-state index is 0.000556. The third-order valence-corrected chi connectivity index (χ3v) is 3.38. The van der Waals surface area contributed by atoms with Crippen LogP contribution in [0, 0.1) is 5.92 Å². The number of rotatable bonds is 3. The Morgan fingerprint density at radius 1 is 1.31 bits per heavy atom. The van der Waals surface area contributed by atoms with Gasteiger partial charge in [0.15, 0.2) is 0 Å². The summed E-state index contributed by atoms with van der Waals surface area (Å²) in [4.78, 5) is 1.58. The SMILES string of the molecule is CC1CCC(C)N(C(CCN)C(F)(F)F)C1. The van der Waals surface area contributed by atoms with Crippen LogP contribution >= 0.6 is 0 Å². The van der Waals surface area contributed by atoms with Gasteiger partial charge in [0.2, 0.25) is 0 Å². The predicted molar refractivity (Wildman–Crippen MR) is 58.1 cm³/mol. The molecule has 0 aromatic carbocycles. The second-order valence-electron chi connectivity index (χ2n) is 4.86. The van der Waals surface area contributed by atoms with E-state index < -0.39 is 12.2 Å². The highest BCUT2D eigenvalue weighted by atomic mass is 19.4. The van der Waals surface area contributed by atoms with E-state index in [0.29, 0.717) is 12.5 Å². The fourth-order valence-electron chi connectivity index (χ4n) is 2.43. The molecule has 0 aliphatic carbocycles. The highest BCUT2D eigenvalue weighted by molar-refractivity contribution is 4.87. The Hall–Kier alpha value is -0.290. The lowest BCUT2D eigenvalue weighted by Gasteiger charge is -2.42. The molecule has 1 saturated heterocycles. The molecule has 0 radical (unpaired) electrons. The number of nitrogens with two attached hydrogens (primary N) is 1. The van der Waals surface area contributed by atoms with Crippen molar-refractivity contribution < 1.29 is 13.2 Å². The monoisotopic (exact) mass is 238 g/mol. The van der Waals surface area contributed by atoms with Crippen LogP contribution in [0.2, 0.25) is 0 Å². The molecule has 16 heavy (non-hydrogen) atoms. The van der Waals surface area contributed by atoms with Crippen molar-refractivity contribution in [3.05, 3.63) is 0 Å². The van der Waals surface area contributed by atoms with Crippen LogP contribution in [0.5, 0.6) is 0 Å². The average Bonchev–Trinajstić information content (AvgIpc) is 2.17. The van der Waals surface area contributed by atoms with Crippen molar-refractivity contribution in [1.29, 1.82) is 0 Å². The topological polar surface area (TPSA) is 29.3 Å². The molecule has 96 valence electrons. The molecule has 0 aromatic rings. The molecule has 1 aliphatic heterocycles. The lowest BCUT2D eigenvalue weighted by molar-refractivity contribution is -0.195. The summed E-state index contributed by atoms with van der Waals surface area (Å²) >= 11 is 0. The molecule has 2 N–H and O–H groups in total. The molecule has 1 fully saturated rings. The van der Waals surface area contributed by atoms with Gasteiger partial charge in [-0.15, -0.1) is 0 Å². The molecular formula is C11H21F3N2. The van der Waals surface area contributed by atoms with Gasteiger partial charge in [-0.2, -0.15) is 13.2 Å². The number of alkyl halides is 3. The molecule has 1 heterocycles. The van der Waals surface area contributed by atoms with Crippen molar-refractivity contribution in [1.82, 2.24) is 4.90 Å². The first kappa shape index (κ1) is 13.8. The standard InChI is InChI=1S/C11H21F3N2/c1-8-3-4-9(2)16(7-8)10(5-6-15)11(12,13)14/h8-10H,3-7,15H2,1-2H3. The van der Waals surface area contributed by atoms with Crippen molar-refractivity contribution in [2.75, 3.05) is 13.1 Å². The smallest absolute Gasteiger partial charge is 0.330 e. The first-order chi connectivity index (χ1) is 7.36. The maximum absolute atomic E-state index is 12.9. The second kappa shape index (κ2) is 5.36. The molecule has 0 saturated carbocycles. The fourth-order valence-corrected chi connectivity index (χ4v) is 2.43. The summed E-state index contributed by atoms with van der Waals surface area (Å²) in [6, 6.07) is -1.36. The Kier molecular flexibility index (Phi) is 4.62. The van der Waals surface area contributed by atoms with E-state index in [4.69, 9.17) is 5.73 Å². The van der Waals surface area contributed by atoms with Crippen molar-refractivity contribution in [2.24, 2.45) is 11.7 Å². The zero-order chi connectivity index (χ0) is 12.3. The summed E-state index contributed by atoms with van der Waals surface area (Å²) in [7, 11) is 0. The predicted octanol–water partition coefficient (Wildman–Crippen LogP) is 2.39. The zero-order valence-corrected chi connectivity index (χ0v) is 9.93. The van der Waals surface area contributed by atoms with Crippen LogP contribution < -0.4 is 5.73 Å². The molecular weight excluding hydrogens is 217 g/mol. The van der Waals surface area contributed by atoms with E-state index in [1.165, 1.54) is 0 Å². The highest BCUT2D eigenvalue weighted by Crippen LogP contribution is 2.32. The molecule has 0 amide bonds. The highest BCUT2D eigenvalue weighted by Gasteiger charge is 2.45. The van der Waals surface area contributed by atoms with Crippen molar-refractivity contribution in [2.45, 2.75) is 51.4 Å². The molecule has 1 aliphatic rings. The Morgan fingerprint density at radius 2 is 1.94 bits per heavy atom. The number of piperidine rings is 1. The summed E-state index contributed by atoms with van der Waals surface area (Å²) in [5, 5.41) is 0. The van der Waals surface area contributed by atoms with E-state index in [9.17, 15) is 13.2 Å². The van der Waals surface area contributed by atoms with E-state index in [0.717, 1.165) is 12.8 Å². The molecule has 0 aromatic heterocycles. The molecule has 3 atom stereocenters.